The van der Waals surface area contributed by atoms with Crippen LogP contribution in [-0.2, 0) is 47.0 Å². The van der Waals surface area contributed by atoms with Gasteiger partial charge >= 0.3 is 12.2 Å². The van der Waals surface area contributed by atoms with Crippen molar-refractivity contribution in [1.29, 1.82) is 0 Å². The van der Waals surface area contributed by atoms with Gasteiger partial charge in [0.15, 0.2) is 0 Å². The van der Waals surface area contributed by atoms with Gasteiger partial charge < -0.3 is 25.0 Å². The number of amides is 5. The summed E-state index contributed by atoms with van der Waals surface area (Å²) < 4.78 is 54.5. The van der Waals surface area contributed by atoms with Gasteiger partial charge in [0.05, 0.1) is 18.0 Å². The Labute approximate surface area is 330 Å². The molecule has 302 valence electrons. The molecule has 56 heavy (non-hydrogen) atoms. The largest absolute Gasteiger partial charge is 0.444 e. The average Bonchev–Trinajstić information content (AvgIpc) is 3.43. The van der Waals surface area contributed by atoms with Crippen molar-refractivity contribution in [3.8, 4) is 0 Å². The van der Waals surface area contributed by atoms with E-state index in [-0.39, 0.29) is 43.8 Å². The minimum absolute atomic E-state index is 0.0200. The third-order valence-corrected chi connectivity index (χ3v) is 12.6. The highest BCUT2D eigenvalue weighted by atomic mass is 35.5. The first-order valence-electron chi connectivity index (χ1n) is 18.8. The third-order valence-electron chi connectivity index (χ3n) is 11.0. The van der Waals surface area contributed by atoms with Crippen molar-refractivity contribution in [2.75, 3.05) is 6.54 Å². The monoisotopic (exact) mass is 815 g/mol. The van der Waals surface area contributed by atoms with Crippen molar-refractivity contribution in [2.24, 2.45) is 5.92 Å². The normalized spacial score (nSPS) is 26.0. The number of carbonyl (C=O) groups excluding carboxylic acids is 5. The van der Waals surface area contributed by atoms with Gasteiger partial charge in [0, 0.05) is 29.5 Å². The number of allylic oxidation sites excluding steroid dienone is 1. The van der Waals surface area contributed by atoms with Crippen LogP contribution in [0.15, 0.2) is 59.5 Å². The van der Waals surface area contributed by atoms with Gasteiger partial charge in [-0.1, -0.05) is 55.7 Å². The highest BCUT2D eigenvalue weighted by Crippen LogP contribution is 2.46. The van der Waals surface area contributed by atoms with Crippen molar-refractivity contribution < 1.29 is 46.3 Å². The van der Waals surface area contributed by atoms with E-state index in [9.17, 15) is 36.8 Å². The Morgan fingerprint density at radius 3 is 2.54 bits per heavy atom. The van der Waals surface area contributed by atoms with Crippen LogP contribution in [0.1, 0.15) is 83.3 Å². The fraction of sp³-hybridized carbons (Fsp3) is 0.513. The molecule has 5 atom stereocenters. The summed E-state index contributed by atoms with van der Waals surface area (Å²) in [5.74, 6) is -3.35. The summed E-state index contributed by atoms with van der Waals surface area (Å²) in [5, 5.41) is 5.76. The molecule has 1 aliphatic carbocycles. The molecule has 0 bridgehead atoms. The zero-order valence-electron chi connectivity index (χ0n) is 31.5. The fourth-order valence-corrected chi connectivity index (χ4v) is 8.44. The molecule has 4 aliphatic rings. The van der Waals surface area contributed by atoms with E-state index < -0.39 is 81.0 Å². The number of fused-ring (bicyclic) bond motifs is 3. The summed E-state index contributed by atoms with van der Waals surface area (Å²) in [6, 6.07) is 7.43. The molecule has 6 rings (SSSR count). The predicted molar refractivity (Wildman–Crippen MR) is 202 cm³/mol. The molecule has 0 aromatic heterocycles. The summed E-state index contributed by atoms with van der Waals surface area (Å²) >= 11 is 5.93. The number of hydrogen-bond donors (Lipinski definition) is 3. The maximum atomic E-state index is 14.5. The Balaban J connectivity index is 1.27. The second kappa shape index (κ2) is 16.4. The number of alkyl carbamates (subject to hydrolysis) is 1. The Morgan fingerprint density at radius 1 is 1.07 bits per heavy atom. The smallest absolute Gasteiger partial charge is 0.410 e. The number of carbonyl (C=O) groups is 5. The predicted octanol–water partition coefficient (Wildman–Crippen LogP) is 5.08. The van der Waals surface area contributed by atoms with Crippen molar-refractivity contribution in [2.45, 2.75) is 119 Å². The van der Waals surface area contributed by atoms with Crippen molar-refractivity contribution >= 4 is 51.5 Å². The number of nitrogens with one attached hydrogen (secondary N) is 3. The first-order valence-corrected chi connectivity index (χ1v) is 20.7. The lowest BCUT2D eigenvalue weighted by atomic mass is 10.0. The summed E-state index contributed by atoms with van der Waals surface area (Å²) in [7, 11) is -4.37. The average molecular weight is 816 g/mol. The van der Waals surface area contributed by atoms with E-state index in [0.717, 1.165) is 6.42 Å². The van der Waals surface area contributed by atoms with E-state index in [1.54, 1.807) is 32.1 Å². The zero-order valence-corrected chi connectivity index (χ0v) is 33.1. The number of benzene rings is 2. The summed E-state index contributed by atoms with van der Waals surface area (Å²) in [6.45, 7) is 5.20. The number of rotatable bonds is 7. The molecule has 2 aromatic rings. The Kier molecular flexibility index (Phi) is 12.0. The van der Waals surface area contributed by atoms with Crippen LogP contribution in [0.25, 0.3) is 0 Å². The molecule has 2 aromatic carbocycles. The molecular formula is C39H47ClFN5O9S. The molecule has 2 fully saturated rings. The molecule has 0 radical (unpaired) electrons. The highest BCUT2D eigenvalue weighted by molar-refractivity contribution is 7.90. The summed E-state index contributed by atoms with van der Waals surface area (Å²) in [5.41, 5.74) is -1.48. The Bertz CT molecular complexity index is 2010. The lowest BCUT2D eigenvalue weighted by Crippen LogP contribution is -2.58. The van der Waals surface area contributed by atoms with Crippen molar-refractivity contribution in [3.05, 3.63) is 76.6 Å². The maximum absolute atomic E-state index is 14.5. The van der Waals surface area contributed by atoms with Crippen molar-refractivity contribution in [1.82, 2.24) is 25.2 Å². The quantitative estimate of drug-likeness (QED) is 0.321. The first-order chi connectivity index (χ1) is 26.5. The van der Waals surface area contributed by atoms with Crippen LogP contribution in [0.5, 0.6) is 0 Å². The van der Waals surface area contributed by atoms with Crippen LogP contribution >= 0.6 is 11.6 Å². The highest BCUT2D eigenvalue weighted by Gasteiger charge is 2.61. The minimum atomic E-state index is -4.37. The van der Waals surface area contributed by atoms with E-state index in [0.29, 0.717) is 41.8 Å². The number of nitrogens with zero attached hydrogens (tertiary/aromatic N) is 2. The van der Waals surface area contributed by atoms with Gasteiger partial charge in [-0.15, -0.1) is 0 Å². The maximum Gasteiger partial charge on any atom is 0.410 e. The topological polar surface area (TPSA) is 181 Å². The van der Waals surface area contributed by atoms with E-state index in [1.807, 2.05) is 13.0 Å². The lowest BCUT2D eigenvalue weighted by molar-refractivity contribution is -0.141. The van der Waals surface area contributed by atoms with Gasteiger partial charge in [-0.25, -0.2) is 27.1 Å². The van der Waals surface area contributed by atoms with Crippen LogP contribution < -0.4 is 15.4 Å². The van der Waals surface area contributed by atoms with Crippen LogP contribution in [0, 0.1) is 11.7 Å². The Morgan fingerprint density at radius 2 is 1.82 bits per heavy atom. The molecule has 14 nitrogen and oxygen atoms in total. The number of ether oxygens (including phenoxy) is 2. The van der Waals surface area contributed by atoms with E-state index >= 15 is 0 Å². The van der Waals surface area contributed by atoms with Crippen molar-refractivity contribution in [3.63, 3.8) is 0 Å². The van der Waals surface area contributed by atoms with Crippen LogP contribution in [0.4, 0.5) is 14.0 Å². The lowest BCUT2D eigenvalue weighted by Gasteiger charge is -2.30. The molecule has 5 amide bonds. The van der Waals surface area contributed by atoms with Gasteiger partial charge in [-0.2, -0.15) is 0 Å². The zero-order chi connectivity index (χ0) is 40.4. The minimum Gasteiger partial charge on any atom is -0.444 e. The molecule has 0 spiro atoms. The van der Waals surface area contributed by atoms with E-state index in [2.05, 4.69) is 15.4 Å². The SMILES string of the molecule is CCC(C)(C)OC(=O)N[C@H]1CCCCC/C=C\[C@@H]2C[C@@]2(C(=O)NS(=O)(=O)c2ccc(Cl)cc2)NC(=O)[C@@H]2C[C@@H](OC(=O)N3Cc4cccc(F)c4C3)CN2C1=O. The molecule has 17 heteroatoms. The van der Waals surface area contributed by atoms with Crippen LogP contribution in [0.3, 0.4) is 0 Å². The molecule has 3 heterocycles. The van der Waals surface area contributed by atoms with Gasteiger partial charge in [-0.3, -0.25) is 19.3 Å². The second-order valence-electron chi connectivity index (χ2n) is 15.4. The molecule has 1 saturated heterocycles. The Hall–Kier alpha value is -4.70. The molecule has 3 aliphatic heterocycles. The van der Waals surface area contributed by atoms with Crippen LogP contribution in [0.2, 0.25) is 5.02 Å². The molecule has 3 N–H and O–H groups in total. The van der Waals surface area contributed by atoms with Gasteiger partial charge in [-0.05, 0) is 81.8 Å². The second-order valence-corrected chi connectivity index (χ2v) is 17.5. The summed E-state index contributed by atoms with van der Waals surface area (Å²) in [6.07, 6.45) is 4.35. The molecule has 0 unspecified atom stereocenters. The first kappa shape index (κ1) is 40.9. The summed E-state index contributed by atoms with van der Waals surface area (Å²) in [4.78, 5) is 71.5. The van der Waals surface area contributed by atoms with Gasteiger partial charge in [0.2, 0.25) is 11.8 Å². The fourth-order valence-electron chi connectivity index (χ4n) is 7.27. The van der Waals surface area contributed by atoms with Crippen LogP contribution in [-0.4, -0.2) is 84.0 Å². The van der Waals surface area contributed by atoms with Gasteiger partial charge in [0.25, 0.3) is 15.9 Å². The standard InChI is InChI=1S/C39H47ClFN5O9S/c1-4-38(2,3)55-36(50)42-31-14-9-7-5-6-8-12-25-20-39(25,35(49)44-56(52,53)28-17-15-26(40)16-18-28)43-33(47)32-19-27(22-46(32)34(31)48)54-37(51)45-21-24-11-10-13-30(41)29(24)23-45/h8,10-13,15-18,25,27,31-32H,4-7,9,14,19-23H2,1-3H3,(H,42,50)(H,43,47)(H,44,49)/b12-8-/t25-,27-,31+,32+,39-/m1/s1. The van der Waals surface area contributed by atoms with E-state index in [4.69, 9.17) is 21.1 Å². The number of hydrogen-bond acceptors (Lipinski definition) is 9. The molecule has 1 saturated carbocycles. The van der Waals surface area contributed by atoms with Gasteiger partial charge in [0.1, 0.15) is 35.1 Å². The number of sulfonamides is 1. The number of halogens is 2. The van der Waals surface area contributed by atoms with E-state index in [1.165, 1.54) is 40.1 Å². The third kappa shape index (κ3) is 9.12. The molecular weight excluding hydrogens is 769 g/mol.